The van der Waals surface area contributed by atoms with E-state index in [4.69, 9.17) is 23.2 Å². The third kappa shape index (κ3) is 2.95. The van der Waals surface area contributed by atoms with E-state index in [0.717, 1.165) is 5.56 Å². The highest BCUT2D eigenvalue weighted by Crippen LogP contribution is 2.40. The summed E-state index contributed by atoms with van der Waals surface area (Å²) in [4.78, 5) is 13.7. The Balaban J connectivity index is 2.38. The second-order valence-electron chi connectivity index (χ2n) is 6.27. The van der Waals surface area contributed by atoms with E-state index in [1.54, 1.807) is 6.07 Å². The molecule has 0 amide bonds. The molecule has 1 aliphatic rings. The summed E-state index contributed by atoms with van der Waals surface area (Å²) in [6, 6.07) is 5.42. The van der Waals surface area contributed by atoms with Gasteiger partial charge in [0, 0.05) is 24.5 Å². The molecule has 0 aliphatic carbocycles. The molecule has 2 rings (SSSR count). The zero-order valence-corrected chi connectivity index (χ0v) is 13.4. The van der Waals surface area contributed by atoms with Crippen LogP contribution in [0.4, 0.5) is 0 Å². The molecule has 110 valence electrons. The minimum absolute atomic E-state index is 0.0620. The topological polar surface area (TPSA) is 40.5 Å². The van der Waals surface area contributed by atoms with Crippen molar-refractivity contribution >= 4 is 29.2 Å². The van der Waals surface area contributed by atoms with Crippen LogP contribution >= 0.6 is 23.2 Å². The van der Waals surface area contributed by atoms with Crippen molar-refractivity contribution in [3.63, 3.8) is 0 Å². The van der Waals surface area contributed by atoms with Crippen LogP contribution in [0.5, 0.6) is 0 Å². The highest BCUT2D eigenvalue weighted by atomic mass is 35.5. The van der Waals surface area contributed by atoms with Crippen LogP contribution in [0, 0.1) is 5.92 Å². The zero-order valence-electron chi connectivity index (χ0n) is 11.9. The summed E-state index contributed by atoms with van der Waals surface area (Å²) in [5.41, 5.74) is 0.770. The van der Waals surface area contributed by atoms with Crippen LogP contribution < -0.4 is 0 Å². The highest BCUT2D eigenvalue weighted by molar-refractivity contribution is 6.42. The number of likely N-dealkylation sites (tertiary alicyclic amines) is 1. The fourth-order valence-corrected chi connectivity index (χ4v) is 3.17. The number of carboxylic acids is 1. The normalized spacial score (nSPS) is 24.1. The standard InChI is InChI=1S/C15H19Cl2NO2/c1-15(2,3)18-7-10(11(8-18)14(19)20)9-5-4-6-12(16)13(9)17/h4-6,10-11H,7-8H2,1-3H3,(H,19,20)/t10-,11+/m0/s1. The van der Waals surface area contributed by atoms with E-state index >= 15 is 0 Å². The number of carbonyl (C=O) groups is 1. The molecule has 1 fully saturated rings. The van der Waals surface area contributed by atoms with E-state index < -0.39 is 11.9 Å². The number of aliphatic carboxylic acids is 1. The molecule has 1 heterocycles. The summed E-state index contributed by atoms with van der Waals surface area (Å²) >= 11 is 12.3. The average Bonchev–Trinajstić information content (AvgIpc) is 2.77. The van der Waals surface area contributed by atoms with Crippen LogP contribution in [-0.4, -0.2) is 34.6 Å². The van der Waals surface area contributed by atoms with Crippen molar-refractivity contribution < 1.29 is 9.90 Å². The van der Waals surface area contributed by atoms with Gasteiger partial charge < -0.3 is 5.11 Å². The molecule has 1 aromatic carbocycles. The van der Waals surface area contributed by atoms with Gasteiger partial charge in [-0.05, 0) is 32.4 Å². The summed E-state index contributed by atoms with van der Waals surface area (Å²) in [7, 11) is 0. The van der Waals surface area contributed by atoms with Crippen molar-refractivity contribution in [1.82, 2.24) is 4.90 Å². The van der Waals surface area contributed by atoms with Crippen molar-refractivity contribution in [2.24, 2.45) is 5.92 Å². The van der Waals surface area contributed by atoms with Gasteiger partial charge >= 0.3 is 5.97 Å². The zero-order chi connectivity index (χ0) is 15.1. The first kappa shape index (κ1) is 15.6. The van der Waals surface area contributed by atoms with Crippen LogP contribution in [-0.2, 0) is 4.79 Å². The quantitative estimate of drug-likeness (QED) is 0.900. The van der Waals surface area contributed by atoms with Gasteiger partial charge in [-0.1, -0.05) is 35.3 Å². The first-order chi connectivity index (χ1) is 9.21. The van der Waals surface area contributed by atoms with Crippen LogP contribution in [0.1, 0.15) is 32.3 Å². The van der Waals surface area contributed by atoms with Crippen LogP contribution in [0.2, 0.25) is 10.0 Å². The maximum Gasteiger partial charge on any atom is 0.308 e. The molecule has 0 unspecified atom stereocenters. The number of carboxylic acid groups (broad SMARTS) is 1. The lowest BCUT2D eigenvalue weighted by Gasteiger charge is -2.31. The summed E-state index contributed by atoms with van der Waals surface area (Å²) < 4.78 is 0. The Morgan fingerprint density at radius 2 is 1.95 bits per heavy atom. The van der Waals surface area contributed by atoms with Gasteiger partial charge in [0.05, 0.1) is 16.0 Å². The van der Waals surface area contributed by atoms with Gasteiger partial charge in [-0.2, -0.15) is 0 Å². The summed E-state index contributed by atoms with van der Waals surface area (Å²) in [5, 5.41) is 10.4. The minimum atomic E-state index is -0.780. The van der Waals surface area contributed by atoms with Gasteiger partial charge in [-0.15, -0.1) is 0 Å². The lowest BCUT2D eigenvalue weighted by molar-refractivity contribution is -0.141. The largest absolute Gasteiger partial charge is 0.481 e. The molecule has 0 radical (unpaired) electrons. The molecule has 0 saturated carbocycles. The predicted octanol–water partition coefficient (Wildman–Crippen LogP) is 3.89. The van der Waals surface area contributed by atoms with Gasteiger partial charge in [0.1, 0.15) is 0 Å². The van der Waals surface area contributed by atoms with E-state index in [2.05, 4.69) is 25.7 Å². The maximum atomic E-state index is 11.6. The number of nitrogens with zero attached hydrogens (tertiary/aromatic N) is 1. The van der Waals surface area contributed by atoms with E-state index in [9.17, 15) is 9.90 Å². The van der Waals surface area contributed by atoms with Crippen molar-refractivity contribution in [2.75, 3.05) is 13.1 Å². The van der Waals surface area contributed by atoms with Gasteiger partial charge in [-0.25, -0.2) is 0 Å². The Labute approximate surface area is 129 Å². The Hall–Kier alpha value is -0.770. The number of halogens is 2. The Bertz CT molecular complexity index is 525. The third-order valence-electron chi connectivity index (χ3n) is 3.97. The molecule has 5 heteroatoms. The Morgan fingerprint density at radius 1 is 1.30 bits per heavy atom. The Morgan fingerprint density at radius 3 is 2.50 bits per heavy atom. The van der Waals surface area contributed by atoms with Gasteiger partial charge in [0.15, 0.2) is 0 Å². The molecule has 1 aromatic rings. The molecule has 3 nitrogen and oxygen atoms in total. The summed E-state index contributed by atoms with van der Waals surface area (Å²) in [6.45, 7) is 7.49. The molecule has 2 atom stereocenters. The molecular weight excluding hydrogens is 297 g/mol. The van der Waals surface area contributed by atoms with Crippen molar-refractivity contribution in [2.45, 2.75) is 32.2 Å². The first-order valence-corrected chi connectivity index (χ1v) is 7.39. The number of hydrogen-bond donors (Lipinski definition) is 1. The fourth-order valence-electron chi connectivity index (χ4n) is 2.72. The van der Waals surface area contributed by atoms with Crippen molar-refractivity contribution in [1.29, 1.82) is 0 Å². The smallest absolute Gasteiger partial charge is 0.308 e. The molecule has 0 aromatic heterocycles. The second kappa shape index (κ2) is 5.55. The van der Waals surface area contributed by atoms with Crippen molar-refractivity contribution in [3.8, 4) is 0 Å². The van der Waals surface area contributed by atoms with Crippen molar-refractivity contribution in [3.05, 3.63) is 33.8 Å². The Kier molecular flexibility index (Phi) is 4.33. The summed E-state index contributed by atoms with van der Waals surface area (Å²) in [5.74, 6) is -1.36. The van der Waals surface area contributed by atoms with Crippen LogP contribution in [0.25, 0.3) is 0 Å². The maximum absolute atomic E-state index is 11.6. The van der Waals surface area contributed by atoms with Gasteiger partial charge in [0.25, 0.3) is 0 Å². The number of rotatable bonds is 2. The first-order valence-electron chi connectivity index (χ1n) is 6.63. The number of hydrogen-bond acceptors (Lipinski definition) is 2. The lowest BCUT2D eigenvalue weighted by atomic mass is 9.89. The van der Waals surface area contributed by atoms with E-state index in [1.807, 2.05) is 12.1 Å². The minimum Gasteiger partial charge on any atom is -0.481 e. The molecule has 0 spiro atoms. The molecular formula is C15H19Cl2NO2. The van der Waals surface area contributed by atoms with Crippen LogP contribution in [0.3, 0.4) is 0 Å². The average molecular weight is 316 g/mol. The highest BCUT2D eigenvalue weighted by Gasteiger charge is 2.42. The van der Waals surface area contributed by atoms with Crippen LogP contribution in [0.15, 0.2) is 18.2 Å². The van der Waals surface area contributed by atoms with E-state index in [-0.39, 0.29) is 11.5 Å². The van der Waals surface area contributed by atoms with E-state index in [0.29, 0.717) is 23.1 Å². The fraction of sp³-hybridized carbons (Fsp3) is 0.533. The number of benzene rings is 1. The molecule has 1 aliphatic heterocycles. The monoisotopic (exact) mass is 315 g/mol. The summed E-state index contributed by atoms with van der Waals surface area (Å²) in [6.07, 6.45) is 0. The second-order valence-corrected chi connectivity index (χ2v) is 7.06. The third-order valence-corrected chi connectivity index (χ3v) is 4.80. The molecule has 1 saturated heterocycles. The SMILES string of the molecule is CC(C)(C)N1C[C@@H](C(=O)O)[C@H](c2cccc(Cl)c2Cl)C1. The lowest BCUT2D eigenvalue weighted by Crippen LogP contribution is -2.40. The molecule has 1 N–H and O–H groups in total. The predicted molar refractivity (Wildman–Crippen MR) is 81.7 cm³/mol. The van der Waals surface area contributed by atoms with E-state index in [1.165, 1.54) is 0 Å². The molecule has 20 heavy (non-hydrogen) atoms. The van der Waals surface area contributed by atoms with Gasteiger partial charge in [-0.3, -0.25) is 9.69 Å². The van der Waals surface area contributed by atoms with Gasteiger partial charge in [0.2, 0.25) is 0 Å². The molecule has 0 bridgehead atoms.